The Balaban J connectivity index is 1.79. The average molecular weight is 581 g/mol. The molecule has 1 aliphatic heterocycles. The number of rotatable bonds is 10. The highest BCUT2D eigenvalue weighted by atomic mass is 35.5. The minimum absolute atomic E-state index is 0.000590. The molecule has 1 aromatic heterocycles. The lowest BCUT2D eigenvalue weighted by Gasteiger charge is -2.28. The van der Waals surface area contributed by atoms with Crippen LogP contribution in [0.2, 0.25) is 0 Å². The molecule has 3 rings (SSSR count). The molecule has 4 N–H and O–H groups in total. The third-order valence-corrected chi connectivity index (χ3v) is 8.24. The molecule has 1 aliphatic rings. The zero-order chi connectivity index (χ0) is 26.7. The third kappa shape index (κ3) is 6.96. The summed E-state index contributed by atoms with van der Waals surface area (Å²) < 4.78 is 21.9. The predicted octanol–water partition coefficient (Wildman–Crippen LogP) is 2.51. The van der Waals surface area contributed by atoms with Crippen LogP contribution in [0.3, 0.4) is 0 Å². The fraction of sp³-hybridized carbons (Fsp3) is 0.476. The van der Waals surface area contributed by atoms with Gasteiger partial charge in [0.05, 0.1) is 12.7 Å². The number of carbonyl (C=O) groups is 1. The number of nitrogens with one attached hydrogen (secondary N) is 1. The minimum atomic E-state index is -3.42. The van der Waals surface area contributed by atoms with Gasteiger partial charge in [-0.05, 0) is 50.8 Å². The number of hydrogen-bond donors (Lipinski definition) is 3. The van der Waals surface area contributed by atoms with Crippen molar-refractivity contribution in [3.63, 3.8) is 0 Å². The van der Waals surface area contributed by atoms with Crippen LogP contribution < -0.4 is 21.0 Å². The second kappa shape index (κ2) is 11.7. The van der Waals surface area contributed by atoms with Gasteiger partial charge in [-0.2, -0.15) is 4.98 Å². The van der Waals surface area contributed by atoms with Crippen molar-refractivity contribution in [1.29, 1.82) is 0 Å². The fourth-order valence-electron chi connectivity index (χ4n) is 3.22. The first kappa shape index (κ1) is 28.8. The van der Waals surface area contributed by atoms with Gasteiger partial charge in [-0.25, -0.2) is 9.88 Å². The zero-order valence-electron chi connectivity index (χ0n) is 19.6. The Labute approximate surface area is 223 Å². The number of nitrogens with two attached hydrogens (primary N) is 1. The number of ether oxygens (including phenoxy) is 2. The number of esters is 1. The smallest absolute Gasteiger partial charge is 0.351 e. The molecule has 15 heteroatoms. The monoisotopic (exact) mass is 580 g/mol. The molecule has 2 heterocycles. The second-order valence-corrected chi connectivity index (χ2v) is 12.8. The number of alkyl halides is 2. The number of aromatic nitrogens is 2. The van der Waals surface area contributed by atoms with E-state index in [0.29, 0.717) is 5.75 Å². The Hall–Kier alpha value is -1.76. The van der Waals surface area contributed by atoms with Crippen LogP contribution in [-0.4, -0.2) is 55.9 Å². The first-order valence-electron chi connectivity index (χ1n) is 10.9. The van der Waals surface area contributed by atoms with Crippen LogP contribution in [0.25, 0.3) is 0 Å². The van der Waals surface area contributed by atoms with Gasteiger partial charge in [-0.1, -0.05) is 41.4 Å². The standard InChI is InChI=1S/C21H27Cl2N4O7PS/c1-12(2)32-18(29)13(3)26-35(36,34-14-7-5-4-6-8-14)31-11-15-17(28)21(22,23)19(33-15)27-10-9-16(24)25-20(27)30/h4-10,12-13,15,17,19,28H,11H2,1-3H3,(H,26,36)(H2,24,25,30)/t13-,15-,17-,19-,35?/m1/s1. The molecule has 0 amide bonds. The van der Waals surface area contributed by atoms with Crippen molar-refractivity contribution in [2.45, 2.75) is 55.7 Å². The Morgan fingerprint density at radius 2 is 2.00 bits per heavy atom. The summed E-state index contributed by atoms with van der Waals surface area (Å²) in [5, 5.41) is 13.7. The van der Waals surface area contributed by atoms with Gasteiger partial charge in [0.1, 0.15) is 29.8 Å². The molecule has 5 atom stereocenters. The second-order valence-electron chi connectivity index (χ2n) is 8.22. The van der Waals surface area contributed by atoms with Gasteiger partial charge in [0.25, 0.3) is 0 Å². The molecular formula is C21H27Cl2N4O7PS. The molecule has 1 saturated heterocycles. The number of nitrogens with zero attached hydrogens (tertiary/aromatic N) is 2. The molecular weight excluding hydrogens is 554 g/mol. The van der Waals surface area contributed by atoms with Crippen molar-refractivity contribution in [3.05, 3.63) is 53.1 Å². The van der Waals surface area contributed by atoms with Crippen molar-refractivity contribution >= 4 is 53.4 Å². The Kier molecular flexibility index (Phi) is 9.40. The average Bonchev–Trinajstić information content (AvgIpc) is 3.01. The Bertz CT molecular complexity index is 1170. The molecule has 1 aromatic carbocycles. The summed E-state index contributed by atoms with van der Waals surface area (Å²) in [6.07, 6.45) is -2.93. The van der Waals surface area contributed by atoms with Gasteiger partial charge >= 0.3 is 18.3 Å². The molecule has 0 aliphatic carbocycles. The highest BCUT2D eigenvalue weighted by molar-refractivity contribution is 8.09. The summed E-state index contributed by atoms with van der Waals surface area (Å²) in [6.45, 7) is 1.25. The summed E-state index contributed by atoms with van der Waals surface area (Å²) >= 11 is 18.4. The fourth-order valence-corrected chi connectivity index (χ4v) is 6.23. The quantitative estimate of drug-likeness (QED) is 0.216. The molecule has 1 fully saturated rings. The van der Waals surface area contributed by atoms with Crippen LogP contribution in [0, 0.1) is 0 Å². The van der Waals surface area contributed by atoms with E-state index in [2.05, 4.69) is 10.1 Å². The zero-order valence-corrected chi connectivity index (χ0v) is 22.8. The Morgan fingerprint density at radius 1 is 1.33 bits per heavy atom. The predicted molar refractivity (Wildman–Crippen MR) is 138 cm³/mol. The van der Waals surface area contributed by atoms with Crippen molar-refractivity contribution in [1.82, 2.24) is 14.6 Å². The maximum absolute atomic E-state index is 12.4. The van der Waals surface area contributed by atoms with E-state index >= 15 is 0 Å². The molecule has 0 saturated carbocycles. The molecule has 198 valence electrons. The highest BCUT2D eigenvalue weighted by Gasteiger charge is 2.56. The number of aliphatic hydroxyl groups excluding tert-OH is 1. The maximum atomic E-state index is 12.4. The van der Waals surface area contributed by atoms with Crippen molar-refractivity contribution in [2.24, 2.45) is 0 Å². The molecule has 11 nitrogen and oxygen atoms in total. The van der Waals surface area contributed by atoms with Crippen molar-refractivity contribution in [2.75, 3.05) is 12.3 Å². The molecule has 0 radical (unpaired) electrons. The van der Waals surface area contributed by atoms with Crippen molar-refractivity contribution < 1.29 is 28.4 Å². The van der Waals surface area contributed by atoms with Crippen LogP contribution in [0.1, 0.15) is 27.0 Å². The van der Waals surface area contributed by atoms with Crippen LogP contribution >= 0.6 is 29.8 Å². The summed E-state index contributed by atoms with van der Waals surface area (Å²) in [7, 11) is 0. The molecule has 0 bridgehead atoms. The van der Waals surface area contributed by atoms with Gasteiger partial charge in [-0.15, -0.1) is 0 Å². The van der Waals surface area contributed by atoms with E-state index < -0.39 is 47.1 Å². The van der Waals surface area contributed by atoms with Gasteiger partial charge < -0.3 is 29.4 Å². The number of para-hydroxylation sites is 1. The SMILES string of the molecule is CC(C)OC(=O)[C@@H](C)NP(=S)(OC[C@H]1O[C@@H](n2ccc(N)nc2=O)C(Cl)(Cl)[C@@H]1O)Oc1ccccc1. The van der Waals surface area contributed by atoms with Crippen LogP contribution in [0.4, 0.5) is 5.82 Å². The minimum Gasteiger partial charge on any atom is -0.462 e. The van der Waals surface area contributed by atoms with Gasteiger partial charge in [-0.3, -0.25) is 9.36 Å². The van der Waals surface area contributed by atoms with Crippen molar-refractivity contribution in [3.8, 4) is 5.75 Å². The van der Waals surface area contributed by atoms with E-state index in [1.165, 1.54) is 12.3 Å². The van der Waals surface area contributed by atoms with E-state index in [9.17, 15) is 14.7 Å². The van der Waals surface area contributed by atoms with E-state index in [4.69, 9.17) is 59.3 Å². The summed E-state index contributed by atoms with van der Waals surface area (Å²) in [6, 6.07) is 9.11. The lowest BCUT2D eigenvalue weighted by atomic mass is 10.2. The first-order valence-corrected chi connectivity index (χ1v) is 14.3. The van der Waals surface area contributed by atoms with E-state index in [1.807, 2.05) is 0 Å². The summed E-state index contributed by atoms with van der Waals surface area (Å²) in [5.41, 5.74) is 4.76. The Morgan fingerprint density at radius 3 is 2.61 bits per heavy atom. The van der Waals surface area contributed by atoms with E-state index in [0.717, 1.165) is 4.57 Å². The van der Waals surface area contributed by atoms with Crippen LogP contribution in [0.15, 0.2) is 47.4 Å². The number of carbonyl (C=O) groups excluding carboxylic acids is 1. The first-order chi connectivity index (χ1) is 16.8. The van der Waals surface area contributed by atoms with E-state index in [-0.39, 0.29) is 18.5 Å². The lowest BCUT2D eigenvalue weighted by Crippen LogP contribution is -2.40. The molecule has 0 spiro atoms. The number of benzene rings is 1. The number of halogens is 2. The number of anilines is 1. The normalized spacial score (nSPS) is 23.7. The maximum Gasteiger partial charge on any atom is 0.351 e. The molecule has 1 unspecified atom stereocenters. The number of hydrogen-bond acceptors (Lipinski definition) is 10. The molecule has 2 aromatic rings. The third-order valence-electron chi connectivity index (χ3n) is 4.92. The summed E-state index contributed by atoms with van der Waals surface area (Å²) in [4.78, 5) is 28.3. The lowest BCUT2D eigenvalue weighted by molar-refractivity contribution is -0.149. The van der Waals surface area contributed by atoms with Gasteiger partial charge in [0.2, 0.25) is 0 Å². The topological polar surface area (TPSA) is 147 Å². The number of aliphatic hydroxyl groups is 1. The largest absolute Gasteiger partial charge is 0.462 e. The molecule has 36 heavy (non-hydrogen) atoms. The van der Waals surface area contributed by atoms with Gasteiger partial charge in [0.15, 0.2) is 10.6 Å². The van der Waals surface area contributed by atoms with Crippen LogP contribution in [0.5, 0.6) is 5.75 Å². The van der Waals surface area contributed by atoms with Gasteiger partial charge in [0, 0.05) is 6.20 Å². The van der Waals surface area contributed by atoms with E-state index in [1.54, 1.807) is 51.1 Å². The number of nitrogen functional groups attached to an aromatic ring is 1. The van der Waals surface area contributed by atoms with Crippen LogP contribution in [-0.2, 0) is 30.6 Å². The summed E-state index contributed by atoms with van der Waals surface area (Å²) in [5.74, 6) is -0.154. The highest BCUT2D eigenvalue weighted by Crippen LogP contribution is 2.49.